The van der Waals surface area contributed by atoms with E-state index < -0.39 is 5.97 Å². The minimum atomic E-state index is -0.960. The molecule has 35 heavy (non-hydrogen) atoms. The summed E-state index contributed by atoms with van der Waals surface area (Å²) in [6.45, 7) is 4.25. The Kier molecular flexibility index (Phi) is 6.12. The number of rotatable bonds is 6. The number of benzene rings is 3. The summed E-state index contributed by atoms with van der Waals surface area (Å²) in [6.07, 6.45) is 4.51. The van der Waals surface area contributed by atoms with E-state index in [-0.39, 0.29) is 11.5 Å². The first-order valence-electron chi connectivity index (χ1n) is 12.2. The molecule has 0 spiro atoms. The van der Waals surface area contributed by atoms with E-state index in [9.17, 15) is 14.7 Å². The number of nitrogens with one attached hydrogen (secondary N) is 1. The highest BCUT2D eigenvalue weighted by atomic mass is 16.4. The monoisotopic (exact) mass is 467 g/mol. The van der Waals surface area contributed by atoms with Crippen LogP contribution in [0.15, 0.2) is 66.7 Å². The zero-order valence-electron chi connectivity index (χ0n) is 20.0. The molecular formula is C29H29N3O3. The SMILES string of the molecule is CC(C)c1cccc(NC(=O)c2ccc(-c3nc4cc(C(=O)O)ccc4n3C3CCCC3)cc2)c1. The molecule has 0 saturated heterocycles. The van der Waals surface area contributed by atoms with Crippen LogP contribution in [0.3, 0.4) is 0 Å². The van der Waals surface area contributed by atoms with E-state index in [0.29, 0.717) is 23.0 Å². The van der Waals surface area contributed by atoms with Crippen LogP contribution >= 0.6 is 0 Å². The number of hydrogen-bond acceptors (Lipinski definition) is 3. The fraction of sp³-hybridized carbons (Fsp3) is 0.276. The topological polar surface area (TPSA) is 84.2 Å². The maximum atomic E-state index is 12.9. The summed E-state index contributed by atoms with van der Waals surface area (Å²) in [5, 5.41) is 12.4. The number of anilines is 1. The molecule has 4 aromatic rings. The van der Waals surface area contributed by atoms with E-state index in [1.807, 2.05) is 48.5 Å². The van der Waals surface area contributed by atoms with Gasteiger partial charge in [0.2, 0.25) is 0 Å². The fourth-order valence-electron chi connectivity index (χ4n) is 4.92. The van der Waals surface area contributed by atoms with Gasteiger partial charge in [-0.05, 0) is 66.8 Å². The van der Waals surface area contributed by atoms with Crippen LogP contribution in [-0.4, -0.2) is 26.5 Å². The first-order valence-corrected chi connectivity index (χ1v) is 12.2. The van der Waals surface area contributed by atoms with Crippen molar-refractivity contribution in [1.82, 2.24) is 9.55 Å². The minimum absolute atomic E-state index is 0.159. The molecule has 3 aromatic carbocycles. The number of carboxylic acid groups (broad SMARTS) is 1. The summed E-state index contributed by atoms with van der Waals surface area (Å²) in [4.78, 5) is 29.2. The predicted molar refractivity (Wildman–Crippen MR) is 138 cm³/mol. The van der Waals surface area contributed by atoms with Gasteiger partial charge in [-0.3, -0.25) is 4.79 Å². The van der Waals surface area contributed by atoms with Gasteiger partial charge in [0.25, 0.3) is 5.91 Å². The van der Waals surface area contributed by atoms with Gasteiger partial charge in [-0.25, -0.2) is 9.78 Å². The highest BCUT2D eigenvalue weighted by Crippen LogP contribution is 2.37. The van der Waals surface area contributed by atoms with E-state index >= 15 is 0 Å². The second kappa shape index (κ2) is 9.37. The Balaban J connectivity index is 1.46. The number of aromatic nitrogens is 2. The highest BCUT2D eigenvalue weighted by molar-refractivity contribution is 6.04. The third-order valence-corrected chi connectivity index (χ3v) is 6.84. The van der Waals surface area contributed by atoms with Crippen molar-refractivity contribution >= 4 is 28.6 Å². The molecule has 1 fully saturated rings. The molecule has 1 amide bonds. The molecule has 5 rings (SSSR count). The van der Waals surface area contributed by atoms with Crippen LogP contribution in [0, 0.1) is 0 Å². The fourth-order valence-corrected chi connectivity index (χ4v) is 4.92. The highest BCUT2D eigenvalue weighted by Gasteiger charge is 2.24. The Bertz CT molecular complexity index is 1400. The molecule has 1 aliphatic rings. The van der Waals surface area contributed by atoms with E-state index in [0.717, 1.165) is 35.4 Å². The molecule has 1 aliphatic carbocycles. The summed E-state index contributed by atoms with van der Waals surface area (Å²) in [5.74, 6) is 0.0777. The molecule has 0 aliphatic heterocycles. The summed E-state index contributed by atoms with van der Waals surface area (Å²) in [7, 11) is 0. The number of carboxylic acids is 1. The van der Waals surface area contributed by atoms with Crippen molar-refractivity contribution in [1.29, 1.82) is 0 Å². The number of carbonyl (C=O) groups is 2. The molecule has 1 heterocycles. The van der Waals surface area contributed by atoms with Gasteiger partial charge in [0, 0.05) is 22.9 Å². The van der Waals surface area contributed by atoms with Crippen LogP contribution in [0.4, 0.5) is 5.69 Å². The van der Waals surface area contributed by atoms with Gasteiger partial charge in [-0.15, -0.1) is 0 Å². The lowest BCUT2D eigenvalue weighted by molar-refractivity contribution is 0.0696. The van der Waals surface area contributed by atoms with Crippen LogP contribution in [-0.2, 0) is 0 Å². The van der Waals surface area contributed by atoms with E-state index in [1.165, 1.54) is 18.4 Å². The Morgan fingerprint density at radius 3 is 2.37 bits per heavy atom. The molecule has 6 heteroatoms. The number of aromatic carboxylic acids is 1. The number of amides is 1. The van der Waals surface area contributed by atoms with Gasteiger partial charge in [0.05, 0.1) is 16.6 Å². The van der Waals surface area contributed by atoms with Gasteiger partial charge >= 0.3 is 5.97 Å². The van der Waals surface area contributed by atoms with Gasteiger partial charge in [-0.1, -0.05) is 51.0 Å². The van der Waals surface area contributed by atoms with Crippen LogP contribution < -0.4 is 5.32 Å². The van der Waals surface area contributed by atoms with Crippen LogP contribution in [0.25, 0.3) is 22.4 Å². The maximum Gasteiger partial charge on any atom is 0.335 e. The second-order valence-electron chi connectivity index (χ2n) is 9.56. The average Bonchev–Trinajstić information content (AvgIpc) is 3.51. The van der Waals surface area contributed by atoms with Crippen LogP contribution in [0.5, 0.6) is 0 Å². The number of fused-ring (bicyclic) bond motifs is 1. The molecule has 0 unspecified atom stereocenters. The Labute approximate surface area is 204 Å². The smallest absolute Gasteiger partial charge is 0.335 e. The van der Waals surface area contributed by atoms with Gasteiger partial charge in [-0.2, -0.15) is 0 Å². The maximum absolute atomic E-state index is 12.9. The van der Waals surface area contributed by atoms with Crippen molar-refractivity contribution in [3.63, 3.8) is 0 Å². The predicted octanol–water partition coefficient (Wildman–Crippen LogP) is 6.89. The summed E-state index contributed by atoms with van der Waals surface area (Å²) in [5.41, 5.74) is 5.29. The Morgan fingerprint density at radius 1 is 0.971 bits per heavy atom. The van der Waals surface area contributed by atoms with E-state index in [1.54, 1.807) is 12.1 Å². The minimum Gasteiger partial charge on any atom is -0.478 e. The molecule has 2 N–H and O–H groups in total. The third kappa shape index (κ3) is 4.56. The zero-order valence-corrected chi connectivity index (χ0v) is 20.0. The van der Waals surface area contributed by atoms with Crippen molar-refractivity contribution in [2.45, 2.75) is 51.5 Å². The van der Waals surface area contributed by atoms with Crippen LogP contribution in [0.1, 0.15) is 77.8 Å². The lowest BCUT2D eigenvalue weighted by Crippen LogP contribution is -2.12. The molecule has 0 radical (unpaired) electrons. The number of carbonyl (C=O) groups excluding carboxylic acids is 1. The number of imidazole rings is 1. The second-order valence-corrected chi connectivity index (χ2v) is 9.56. The normalized spacial score (nSPS) is 14.0. The Hall–Kier alpha value is -3.93. The van der Waals surface area contributed by atoms with Crippen molar-refractivity contribution < 1.29 is 14.7 Å². The third-order valence-electron chi connectivity index (χ3n) is 6.84. The number of hydrogen-bond donors (Lipinski definition) is 2. The van der Waals surface area contributed by atoms with E-state index in [4.69, 9.17) is 4.98 Å². The van der Waals surface area contributed by atoms with Crippen molar-refractivity contribution in [3.8, 4) is 11.4 Å². The van der Waals surface area contributed by atoms with Gasteiger partial charge in [0.15, 0.2) is 0 Å². The molecule has 0 bridgehead atoms. The standard InChI is InChI=1S/C29H29N3O3/c1-18(2)21-6-5-7-23(16-21)30-28(33)20-12-10-19(11-13-20)27-31-25-17-22(29(34)35)14-15-26(25)32(27)24-8-3-4-9-24/h5-7,10-18,24H,3-4,8-9H2,1-2H3,(H,30,33)(H,34,35). The summed E-state index contributed by atoms with van der Waals surface area (Å²) >= 11 is 0. The largest absolute Gasteiger partial charge is 0.478 e. The van der Waals surface area contributed by atoms with Gasteiger partial charge < -0.3 is 15.0 Å². The van der Waals surface area contributed by atoms with Gasteiger partial charge in [0.1, 0.15) is 5.82 Å². The molecule has 1 aromatic heterocycles. The lowest BCUT2D eigenvalue weighted by atomic mass is 10.0. The average molecular weight is 468 g/mol. The first-order chi connectivity index (χ1) is 16.9. The summed E-state index contributed by atoms with van der Waals surface area (Å²) < 4.78 is 2.25. The molecule has 0 atom stereocenters. The molecule has 1 saturated carbocycles. The first kappa shape index (κ1) is 22.8. The van der Waals surface area contributed by atoms with Crippen LogP contribution in [0.2, 0.25) is 0 Å². The quantitative estimate of drug-likeness (QED) is 0.323. The molecule has 6 nitrogen and oxygen atoms in total. The summed E-state index contributed by atoms with van der Waals surface area (Å²) in [6, 6.07) is 20.9. The van der Waals surface area contributed by atoms with Crippen molar-refractivity contribution in [2.75, 3.05) is 5.32 Å². The molecule has 178 valence electrons. The number of nitrogens with zero attached hydrogens (tertiary/aromatic N) is 2. The lowest BCUT2D eigenvalue weighted by Gasteiger charge is -2.17. The van der Waals surface area contributed by atoms with E-state index in [2.05, 4.69) is 29.8 Å². The van der Waals surface area contributed by atoms with Crippen molar-refractivity contribution in [3.05, 3.63) is 83.4 Å². The Morgan fingerprint density at radius 2 is 1.69 bits per heavy atom. The van der Waals surface area contributed by atoms with Crippen molar-refractivity contribution in [2.24, 2.45) is 0 Å². The zero-order chi connectivity index (χ0) is 24.5. The molecular weight excluding hydrogens is 438 g/mol.